The Labute approximate surface area is 161 Å². The number of aromatic amines is 1. The summed E-state index contributed by atoms with van der Waals surface area (Å²) in [5.74, 6) is 0.846. The summed E-state index contributed by atoms with van der Waals surface area (Å²) < 4.78 is 0. The molecule has 1 aliphatic heterocycles. The molecule has 5 nitrogen and oxygen atoms in total. The van der Waals surface area contributed by atoms with Crippen molar-refractivity contribution in [3.8, 4) is 22.0 Å². The fourth-order valence-corrected chi connectivity index (χ4v) is 4.23. The van der Waals surface area contributed by atoms with Gasteiger partial charge >= 0.3 is 0 Å². The zero-order valence-electron chi connectivity index (χ0n) is 14.8. The Morgan fingerprint density at radius 2 is 2.00 bits per heavy atom. The molecule has 0 spiro atoms. The fraction of sp³-hybridized carbons (Fsp3) is 0.190. The predicted octanol–water partition coefficient (Wildman–Crippen LogP) is 4.15. The highest BCUT2D eigenvalue weighted by Crippen LogP contribution is 2.26. The standard InChI is InChI=1S/C21H19N5S/c1-2-5-15(6-3-1)20-17(12-23-25-20)14-26-9-8-18-16(13-26)11-22-21(24-18)19-7-4-10-27-19/h1-7,10-12H,8-9,13-14H2,(H,23,25). The first kappa shape index (κ1) is 16.4. The van der Waals surface area contributed by atoms with Crippen LogP contribution in [0.1, 0.15) is 16.8 Å². The van der Waals surface area contributed by atoms with Crippen molar-refractivity contribution in [2.45, 2.75) is 19.5 Å². The second-order valence-electron chi connectivity index (χ2n) is 6.74. The summed E-state index contributed by atoms with van der Waals surface area (Å²) >= 11 is 1.68. The number of rotatable bonds is 4. The third-order valence-electron chi connectivity index (χ3n) is 4.93. The van der Waals surface area contributed by atoms with Crippen LogP contribution in [0.3, 0.4) is 0 Å². The summed E-state index contributed by atoms with van der Waals surface area (Å²) in [5, 5.41) is 9.49. The van der Waals surface area contributed by atoms with E-state index in [1.54, 1.807) is 11.3 Å². The zero-order chi connectivity index (χ0) is 18.1. The normalized spacial score (nSPS) is 14.2. The smallest absolute Gasteiger partial charge is 0.169 e. The highest BCUT2D eigenvalue weighted by molar-refractivity contribution is 7.13. The first-order valence-corrected chi connectivity index (χ1v) is 9.93. The van der Waals surface area contributed by atoms with Crippen molar-refractivity contribution in [3.63, 3.8) is 0 Å². The van der Waals surface area contributed by atoms with Crippen molar-refractivity contribution in [2.75, 3.05) is 6.54 Å². The van der Waals surface area contributed by atoms with Gasteiger partial charge in [-0.15, -0.1) is 11.3 Å². The summed E-state index contributed by atoms with van der Waals surface area (Å²) in [5.41, 5.74) is 5.91. The Balaban J connectivity index is 1.35. The van der Waals surface area contributed by atoms with Crippen molar-refractivity contribution >= 4 is 11.3 Å². The van der Waals surface area contributed by atoms with Crippen LogP contribution in [0.2, 0.25) is 0 Å². The molecule has 0 bridgehead atoms. The minimum absolute atomic E-state index is 0.846. The molecule has 3 aromatic heterocycles. The van der Waals surface area contributed by atoms with Crippen LogP contribution in [0.15, 0.2) is 60.2 Å². The first-order valence-electron chi connectivity index (χ1n) is 9.05. The van der Waals surface area contributed by atoms with Crippen LogP contribution in [0, 0.1) is 0 Å². The first-order chi connectivity index (χ1) is 13.4. The minimum Gasteiger partial charge on any atom is -0.294 e. The van der Waals surface area contributed by atoms with Gasteiger partial charge in [0.05, 0.1) is 22.5 Å². The molecule has 6 heteroatoms. The second kappa shape index (κ2) is 7.06. The van der Waals surface area contributed by atoms with Gasteiger partial charge in [-0.25, -0.2) is 9.97 Å². The molecule has 0 unspecified atom stereocenters. The number of hydrogen-bond donors (Lipinski definition) is 1. The topological polar surface area (TPSA) is 57.7 Å². The van der Waals surface area contributed by atoms with Crippen molar-refractivity contribution in [1.29, 1.82) is 0 Å². The lowest BCUT2D eigenvalue weighted by Gasteiger charge is -2.28. The number of nitrogens with one attached hydrogen (secondary N) is 1. The van der Waals surface area contributed by atoms with E-state index in [1.165, 1.54) is 22.4 Å². The maximum absolute atomic E-state index is 4.81. The fourth-order valence-electron chi connectivity index (χ4n) is 3.56. The molecular weight excluding hydrogens is 354 g/mol. The number of fused-ring (bicyclic) bond motifs is 1. The molecule has 0 radical (unpaired) electrons. The van der Waals surface area contributed by atoms with Crippen LogP contribution in [0.25, 0.3) is 22.0 Å². The highest BCUT2D eigenvalue weighted by Gasteiger charge is 2.20. The Morgan fingerprint density at radius 3 is 2.85 bits per heavy atom. The third kappa shape index (κ3) is 3.29. The second-order valence-corrected chi connectivity index (χ2v) is 7.69. The molecule has 1 aromatic carbocycles. The number of thiophene rings is 1. The van der Waals surface area contributed by atoms with Crippen molar-refractivity contribution < 1.29 is 0 Å². The molecule has 4 aromatic rings. The number of H-pyrrole nitrogens is 1. The molecule has 0 atom stereocenters. The summed E-state index contributed by atoms with van der Waals surface area (Å²) in [4.78, 5) is 13.0. The van der Waals surface area contributed by atoms with Gasteiger partial charge in [0.2, 0.25) is 0 Å². The molecular formula is C21H19N5S. The number of nitrogens with zero attached hydrogens (tertiary/aromatic N) is 4. The molecule has 27 heavy (non-hydrogen) atoms. The van der Waals surface area contributed by atoms with E-state index in [1.807, 2.05) is 24.5 Å². The van der Waals surface area contributed by atoms with Gasteiger partial charge in [0.1, 0.15) is 0 Å². The summed E-state index contributed by atoms with van der Waals surface area (Å²) in [6.07, 6.45) is 4.89. The molecule has 134 valence electrons. The van der Waals surface area contributed by atoms with Crippen LogP contribution in [0.4, 0.5) is 0 Å². The molecule has 0 saturated carbocycles. The van der Waals surface area contributed by atoms with Gasteiger partial charge in [0.25, 0.3) is 0 Å². The summed E-state index contributed by atoms with van der Waals surface area (Å²) in [6.45, 7) is 2.74. The van der Waals surface area contributed by atoms with Crippen LogP contribution >= 0.6 is 11.3 Å². The van der Waals surface area contributed by atoms with E-state index in [-0.39, 0.29) is 0 Å². The quantitative estimate of drug-likeness (QED) is 0.584. The van der Waals surface area contributed by atoms with Crippen molar-refractivity contribution in [3.05, 3.63) is 77.1 Å². The number of benzene rings is 1. The zero-order valence-corrected chi connectivity index (χ0v) is 15.6. The summed E-state index contributed by atoms with van der Waals surface area (Å²) in [6, 6.07) is 14.5. The monoisotopic (exact) mass is 373 g/mol. The van der Waals surface area contributed by atoms with Gasteiger partial charge < -0.3 is 0 Å². The Bertz CT molecular complexity index is 1040. The molecule has 0 amide bonds. The lowest BCUT2D eigenvalue weighted by Crippen LogP contribution is -2.31. The third-order valence-corrected chi connectivity index (χ3v) is 5.79. The van der Waals surface area contributed by atoms with E-state index in [2.05, 4.69) is 55.8 Å². The van der Waals surface area contributed by atoms with Gasteiger partial charge in [-0.1, -0.05) is 36.4 Å². The molecule has 0 fully saturated rings. The number of hydrogen-bond acceptors (Lipinski definition) is 5. The SMILES string of the molecule is c1ccc(-c2[nH]ncc2CN2CCc3nc(-c4cccs4)ncc3C2)cc1. The Morgan fingerprint density at radius 1 is 1.07 bits per heavy atom. The van der Waals surface area contributed by atoms with Crippen molar-refractivity contribution in [1.82, 2.24) is 25.1 Å². The summed E-state index contributed by atoms with van der Waals surface area (Å²) in [7, 11) is 0. The number of aromatic nitrogens is 4. The van der Waals surface area contributed by atoms with Gasteiger partial charge in [-0.3, -0.25) is 10.00 Å². The molecule has 1 N–H and O–H groups in total. The Hall–Kier alpha value is -2.83. The van der Waals surface area contributed by atoms with E-state index in [9.17, 15) is 0 Å². The maximum Gasteiger partial charge on any atom is 0.169 e. The molecule has 1 aliphatic rings. The highest BCUT2D eigenvalue weighted by atomic mass is 32.1. The van der Waals surface area contributed by atoms with Crippen LogP contribution in [-0.4, -0.2) is 31.6 Å². The molecule has 5 rings (SSSR count). The van der Waals surface area contributed by atoms with Crippen LogP contribution < -0.4 is 0 Å². The van der Waals surface area contributed by atoms with E-state index in [0.717, 1.165) is 42.5 Å². The largest absolute Gasteiger partial charge is 0.294 e. The van der Waals surface area contributed by atoms with Crippen LogP contribution in [0.5, 0.6) is 0 Å². The van der Waals surface area contributed by atoms with E-state index in [4.69, 9.17) is 4.98 Å². The van der Waals surface area contributed by atoms with Gasteiger partial charge in [0, 0.05) is 43.4 Å². The van der Waals surface area contributed by atoms with E-state index >= 15 is 0 Å². The van der Waals surface area contributed by atoms with E-state index in [0.29, 0.717) is 0 Å². The Kier molecular flexibility index (Phi) is 4.27. The lowest BCUT2D eigenvalue weighted by molar-refractivity contribution is 0.243. The maximum atomic E-state index is 4.81. The van der Waals surface area contributed by atoms with Gasteiger partial charge in [0.15, 0.2) is 5.82 Å². The minimum atomic E-state index is 0.846. The average Bonchev–Trinajstić information content (AvgIpc) is 3.40. The van der Waals surface area contributed by atoms with Gasteiger partial charge in [-0.2, -0.15) is 5.10 Å². The van der Waals surface area contributed by atoms with Crippen molar-refractivity contribution in [2.24, 2.45) is 0 Å². The lowest BCUT2D eigenvalue weighted by atomic mass is 10.0. The van der Waals surface area contributed by atoms with Gasteiger partial charge in [-0.05, 0) is 17.0 Å². The average molecular weight is 373 g/mol. The molecule has 0 saturated heterocycles. The molecule has 4 heterocycles. The van der Waals surface area contributed by atoms with Crippen LogP contribution in [-0.2, 0) is 19.5 Å². The molecule has 0 aliphatic carbocycles. The predicted molar refractivity (Wildman–Crippen MR) is 107 cm³/mol. The van der Waals surface area contributed by atoms with E-state index < -0.39 is 0 Å².